The van der Waals surface area contributed by atoms with Gasteiger partial charge in [0.2, 0.25) is 5.91 Å². The molecule has 0 saturated carbocycles. The van der Waals surface area contributed by atoms with E-state index in [1.54, 1.807) is 7.11 Å². The van der Waals surface area contributed by atoms with Crippen molar-refractivity contribution in [2.24, 2.45) is 11.1 Å². The lowest BCUT2D eigenvalue weighted by Crippen LogP contribution is -2.46. The highest BCUT2D eigenvalue weighted by Crippen LogP contribution is 2.25. The number of hydrogen-bond donors (Lipinski definition) is 1. The summed E-state index contributed by atoms with van der Waals surface area (Å²) >= 11 is 1.92. The van der Waals surface area contributed by atoms with Crippen molar-refractivity contribution in [2.45, 2.75) is 45.7 Å². The minimum Gasteiger partial charge on any atom is -0.383 e. The van der Waals surface area contributed by atoms with Gasteiger partial charge in [-0.25, -0.2) is 0 Å². The molecule has 1 amide bonds. The van der Waals surface area contributed by atoms with E-state index in [0.717, 1.165) is 17.9 Å². The van der Waals surface area contributed by atoms with Crippen molar-refractivity contribution in [3.05, 3.63) is 0 Å². The van der Waals surface area contributed by atoms with Crippen LogP contribution >= 0.6 is 11.8 Å². The first kappa shape index (κ1) is 16.8. The molecule has 0 radical (unpaired) electrons. The molecule has 1 rings (SSSR count). The van der Waals surface area contributed by atoms with Crippen LogP contribution in [0.1, 0.15) is 33.6 Å². The highest BCUT2D eigenvalue weighted by molar-refractivity contribution is 7.99. The average Bonchev–Trinajstić information content (AvgIpc) is 2.81. The molecule has 2 N–H and O–H groups in total. The van der Waals surface area contributed by atoms with Crippen molar-refractivity contribution < 1.29 is 9.53 Å². The fourth-order valence-corrected chi connectivity index (χ4v) is 3.30. The van der Waals surface area contributed by atoms with Gasteiger partial charge in [-0.15, -0.1) is 0 Å². The second kappa shape index (κ2) is 7.50. The first-order chi connectivity index (χ1) is 8.86. The standard InChI is InChI=1S/C14H28N2O2S/c1-14(2,3)12(15)9-13(17)16(6-7-18-4)11-5-8-19-10-11/h11-12H,5-10,15H2,1-4H3. The van der Waals surface area contributed by atoms with E-state index in [4.69, 9.17) is 10.5 Å². The SMILES string of the molecule is COCCN(C(=O)CC(N)C(C)(C)C)C1CCSC1. The summed E-state index contributed by atoms with van der Waals surface area (Å²) in [5.74, 6) is 2.36. The maximum absolute atomic E-state index is 12.5. The topological polar surface area (TPSA) is 55.6 Å². The molecule has 2 unspecified atom stereocenters. The minimum atomic E-state index is -0.0981. The number of nitrogens with zero attached hydrogens (tertiary/aromatic N) is 1. The fourth-order valence-electron chi connectivity index (χ4n) is 2.08. The first-order valence-corrected chi connectivity index (χ1v) is 8.13. The number of carbonyl (C=O) groups excluding carboxylic acids is 1. The summed E-state index contributed by atoms with van der Waals surface area (Å²) < 4.78 is 5.12. The van der Waals surface area contributed by atoms with Crippen LogP contribution in [0, 0.1) is 5.41 Å². The largest absolute Gasteiger partial charge is 0.383 e. The zero-order chi connectivity index (χ0) is 14.5. The number of carbonyl (C=O) groups is 1. The highest BCUT2D eigenvalue weighted by atomic mass is 32.2. The van der Waals surface area contributed by atoms with Gasteiger partial charge in [0.1, 0.15) is 0 Å². The monoisotopic (exact) mass is 288 g/mol. The van der Waals surface area contributed by atoms with Crippen LogP contribution in [0.4, 0.5) is 0 Å². The van der Waals surface area contributed by atoms with Gasteiger partial charge in [0.15, 0.2) is 0 Å². The number of amides is 1. The lowest BCUT2D eigenvalue weighted by atomic mass is 9.85. The summed E-state index contributed by atoms with van der Waals surface area (Å²) in [6.07, 6.45) is 1.51. The predicted molar refractivity (Wildman–Crippen MR) is 81.4 cm³/mol. The quantitative estimate of drug-likeness (QED) is 0.809. The van der Waals surface area contributed by atoms with Crippen LogP contribution in [0.5, 0.6) is 0 Å². The molecule has 0 aliphatic carbocycles. The zero-order valence-electron chi connectivity index (χ0n) is 12.6. The second-order valence-corrected chi connectivity index (χ2v) is 7.42. The molecular formula is C14H28N2O2S. The number of methoxy groups -OCH3 is 1. The zero-order valence-corrected chi connectivity index (χ0v) is 13.5. The molecule has 1 heterocycles. The van der Waals surface area contributed by atoms with E-state index in [0.29, 0.717) is 25.6 Å². The van der Waals surface area contributed by atoms with Crippen LogP contribution in [0.25, 0.3) is 0 Å². The third-order valence-electron chi connectivity index (χ3n) is 3.71. The smallest absolute Gasteiger partial charge is 0.224 e. The lowest BCUT2D eigenvalue weighted by Gasteiger charge is -2.32. The molecule has 0 bridgehead atoms. The van der Waals surface area contributed by atoms with Crippen molar-refractivity contribution in [3.8, 4) is 0 Å². The summed E-state index contributed by atoms with van der Waals surface area (Å²) in [5, 5.41) is 0. The van der Waals surface area contributed by atoms with E-state index in [-0.39, 0.29) is 17.4 Å². The van der Waals surface area contributed by atoms with E-state index >= 15 is 0 Å². The van der Waals surface area contributed by atoms with E-state index in [2.05, 4.69) is 20.8 Å². The summed E-state index contributed by atoms with van der Waals surface area (Å²) in [7, 11) is 1.67. The Morgan fingerprint density at radius 2 is 2.21 bits per heavy atom. The molecule has 0 aromatic heterocycles. The van der Waals surface area contributed by atoms with Crippen LogP contribution in [0.2, 0.25) is 0 Å². The molecule has 1 aliphatic rings. The predicted octanol–water partition coefficient (Wildman–Crippen LogP) is 1.73. The summed E-state index contributed by atoms with van der Waals surface area (Å²) in [6.45, 7) is 7.51. The molecule has 0 aromatic rings. The van der Waals surface area contributed by atoms with Gasteiger partial charge in [0, 0.05) is 37.9 Å². The van der Waals surface area contributed by atoms with Gasteiger partial charge in [-0.05, 0) is 17.6 Å². The van der Waals surface area contributed by atoms with Crippen molar-refractivity contribution in [2.75, 3.05) is 31.8 Å². The van der Waals surface area contributed by atoms with E-state index in [9.17, 15) is 4.79 Å². The fraction of sp³-hybridized carbons (Fsp3) is 0.929. The number of ether oxygens (including phenoxy) is 1. The molecule has 4 nitrogen and oxygen atoms in total. The van der Waals surface area contributed by atoms with Crippen molar-refractivity contribution in [1.29, 1.82) is 0 Å². The van der Waals surface area contributed by atoms with Crippen molar-refractivity contribution in [1.82, 2.24) is 4.90 Å². The summed E-state index contributed by atoms with van der Waals surface area (Å²) in [5.41, 5.74) is 6.10. The Labute approximate surface area is 121 Å². The molecule has 19 heavy (non-hydrogen) atoms. The van der Waals surface area contributed by atoms with Crippen LogP contribution in [0.3, 0.4) is 0 Å². The minimum absolute atomic E-state index is 0.0347. The Hall–Kier alpha value is -0.260. The van der Waals surface area contributed by atoms with Gasteiger partial charge in [-0.3, -0.25) is 4.79 Å². The molecule has 1 saturated heterocycles. The Balaban J connectivity index is 2.60. The molecule has 112 valence electrons. The van der Waals surface area contributed by atoms with Gasteiger partial charge in [0.05, 0.1) is 6.61 Å². The molecular weight excluding hydrogens is 260 g/mol. The summed E-state index contributed by atoms with van der Waals surface area (Å²) in [4.78, 5) is 14.5. The third-order valence-corrected chi connectivity index (χ3v) is 4.85. The average molecular weight is 288 g/mol. The van der Waals surface area contributed by atoms with Gasteiger partial charge >= 0.3 is 0 Å². The maximum atomic E-state index is 12.5. The summed E-state index contributed by atoms with van der Waals surface area (Å²) in [6, 6.07) is 0.263. The second-order valence-electron chi connectivity index (χ2n) is 6.27. The van der Waals surface area contributed by atoms with E-state index < -0.39 is 0 Å². The van der Waals surface area contributed by atoms with Gasteiger partial charge in [-0.2, -0.15) is 11.8 Å². The first-order valence-electron chi connectivity index (χ1n) is 6.98. The molecule has 2 atom stereocenters. The van der Waals surface area contributed by atoms with Crippen molar-refractivity contribution in [3.63, 3.8) is 0 Å². The maximum Gasteiger partial charge on any atom is 0.224 e. The van der Waals surface area contributed by atoms with Crippen LogP contribution in [0.15, 0.2) is 0 Å². The van der Waals surface area contributed by atoms with Crippen LogP contribution in [-0.4, -0.2) is 54.7 Å². The molecule has 1 fully saturated rings. The Bertz CT molecular complexity index is 286. The molecule has 0 spiro atoms. The highest BCUT2D eigenvalue weighted by Gasteiger charge is 2.30. The normalized spacial score (nSPS) is 21.4. The molecule has 0 aromatic carbocycles. The Morgan fingerprint density at radius 1 is 1.53 bits per heavy atom. The Kier molecular flexibility index (Phi) is 6.63. The van der Waals surface area contributed by atoms with Gasteiger partial charge in [0.25, 0.3) is 0 Å². The molecule has 5 heteroatoms. The number of nitrogens with two attached hydrogens (primary N) is 1. The molecule has 1 aliphatic heterocycles. The number of thioether (sulfide) groups is 1. The van der Waals surface area contributed by atoms with Gasteiger partial charge < -0.3 is 15.4 Å². The number of rotatable bonds is 6. The Morgan fingerprint density at radius 3 is 2.68 bits per heavy atom. The van der Waals surface area contributed by atoms with Crippen molar-refractivity contribution >= 4 is 17.7 Å². The van der Waals surface area contributed by atoms with Crippen LogP contribution < -0.4 is 5.73 Å². The third kappa shape index (κ3) is 5.32. The van der Waals surface area contributed by atoms with Crippen LogP contribution in [-0.2, 0) is 9.53 Å². The van der Waals surface area contributed by atoms with E-state index in [1.165, 1.54) is 0 Å². The van der Waals surface area contributed by atoms with Gasteiger partial charge in [-0.1, -0.05) is 20.8 Å². The number of hydrogen-bond acceptors (Lipinski definition) is 4. The lowest BCUT2D eigenvalue weighted by molar-refractivity contribution is -0.134. The van der Waals surface area contributed by atoms with E-state index in [1.807, 2.05) is 16.7 Å².